The van der Waals surface area contributed by atoms with Crippen LogP contribution in [0.3, 0.4) is 0 Å². The molecule has 2 heterocycles. The zero-order valence-corrected chi connectivity index (χ0v) is 9.69. The van der Waals surface area contributed by atoms with Crippen molar-refractivity contribution in [3.8, 4) is 0 Å². The maximum Gasteiger partial charge on any atom is 0.224 e. The molecule has 5 nitrogen and oxygen atoms in total. The standard InChI is InChI=1S/C12H17N3O2/c16-12(7-10-1-3-13-4-2-10)15-9-11-8-14-5-6-17-11/h1-4,11,14H,5-9H2,(H,15,16). The quantitative estimate of drug-likeness (QED) is 0.754. The number of nitrogens with zero attached hydrogens (tertiary/aromatic N) is 1. The van der Waals surface area contributed by atoms with Crippen LogP contribution in [0.1, 0.15) is 5.56 Å². The van der Waals surface area contributed by atoms with E-state index in [1.807, 2.05) is 12.1 Å². The van der Waals surface area contributed by atoms with Crippen molar-refractivity contribution in [2.45, 2.75) is 12.5 Å². The van der Waals surface area contributed by atoms with Gasteiger partial charge in [0.05, 0.1) is 19.1 Å². The van der Waals surface area contributed by atoms with Gasteiger partial charge in [0.2, 0.25) is 5.91 Å². The molecule has 0 aromatic carbocycles. The van der Waals surface area contributed by atoms with Crippen LogP contribution < -0.4 is 10.6 Å². The second kappa shape index (κ2) is 6.32. The SMILES string of the molecule is O=C(Cc1ccncc1)NCC1CNCCO1. The van der Waals surface area contributed by atoms with Gasteiger partial charge in [0, 0.05) is 32.0 Å². The highest BCUT2D eigenvalue weighted by atomic mass is 16.5. The Morgan fingerprint density at radius 3 is 3.06 bits per heavy atom. The Balaban J connectivity index is 1.70. The molecule has 5 heteroatoms. The predicted octanol–water partition coefficient (Wildman–Crippen LogP) is -0.271. The number of nitrogens with one attached hydrogen (secondary N) is 2. The number of hydrogen-bond acceptors (Lipinski definition) is 4. The molecule has 1 aliphatic heterocycles. The van der Waals surface area contributed by atoms with Crippen molar-refractivity contribution in [1.82, 2.24) is 15.6 Å². The van der Waals surface area contributed by atoms with E-state index in [0.717, 1.165) is 18.7 Å². The highest BCUT2D eigenvalue weighted by Gasteiger charge is 2.14. The molecular formula is C12H17N3O2. The smallest absolute Gasteiger partial charge is 0.224 e. The topological polar surface area (TPSA) is 63.2 Å². The molecule has 1 atom stereocenters. The molecule has 1 unspecified atom stereocenters. The number of carbonyl (C=O) groups excluding carboxylic acids is 1. The van der Waals surface area contributed by atoms with Crippen molar-refractivity contribution in [2.75, 3.05) is 26.2 Å². The predicted molar refractivity (Wildman–Crippen MR) is 63.6 cm³/mol. The molecule has 2 N–H and O–H groups in total. The molecule has 0 saturated carbocycles. The summed E-state index contributed by atoms with van der Waals surface area (Å²) in [7, 11) is 0. The van der Waals surface area contributed by atoms with Crippen molar-refractivity contribution in [1.29, 1.82) is 0 Å². The molecule has 92 valence electrons. The van der Waals surface area contributed by atoms with E-state index in [1.54, 1.807) is 12.4 Å². The maximum absolute atomic E-state index is 11.6. The third kappa shape index (κ3) is 4.13. The van der Waals surface area contributed by atoms with E-state index in [1.165, 1.54) is 0 Å². The van der Waals surface area contributed by atoms with Gasteiger partial charge >= 0.3 is 0 Å². The molecule has 17 heavy (non-hydrogen) atoms. The number of amides is 1. The second-order valence-electron chi connectivity index (χ2n) is 4.03. The van der Waals surface area contributed by atoms with Crippen molar-refractivity contribution in [3.63, 3.8) is 0 Å². The van der Waals surface area contributed by atoms with Gasteiger partial charge in [-0.25, -0.2) is 0 Å². The van der Waals surface area contributed by atoms with Crippen LogP contribution in [0.15, 0.2) is 24.5 Å². The van der Waals surface area contributed by atoms with Crippen molar-refractivity contribution in [2.24, 2.45) is 0 Å². The minimum absolute atomic E-state index is 0.0189. The summed E-state index contributed by atoms with van der Waals surface area (Å²) in [5.74, 6) is 0.0189. The lowest BCUT2D eigenvalue weighted by Crippen LogP contribution is -2.45. The number of ether oxygens (including phenoxy) is 1. The highest BCUT2D eigenvalue weighted by molar-refractivity contribution is 5.78. The maximum atomic E-state index is 11.6. The van der Waals surface area contributed by atoms with Crippen molar-refractivity contribution in [3.05, 3.63) is 30.1 Å². The molecule has 0 aliphatic carbocycles. The third-order valence-electron chi connectivity index (χ3n) is 2.65. The molecule has 2 rings (SSSR count). The van der Waals surface area contributed by atoms with Gasteiger partial charge in [0.15, 0.2) is 0 Å². The van der Waals surface area contributed by atoms with E-state index in [0.29, 0.717) is 19.6 Å². The van der Waals surface area contributed by atoms with E-state index in [4.69, 9.17) is 4.74 Å². The summed E-state index contributed by atoms with van der Waals surface area (Å²) in [6, 6.07) is 3.69. The first-order chi connectivity index (χ1) is 8.34. The van der Waals surface area contributed by atoms with Gasteiger partial charge in [0.1, 0.15) is 0 Å². The Labute approximate surface area is 101 Å². The molecule has 0 bridgehead atoms. The van der Waals surface area contributed by atoms with Crippen LogP contribution in [-0.4, -0.2) is 43.2 Å². The van der Waals surface area contributed by atoms with E-state index >= 15 is 0 Å². The molecule has 1 fully saturated rings. The summed E-state index contributed by atoms with van der Waals surface area (Å²) in [4.78, 5) is 15.6. The molecule has 1 aliphatic rings. The Hall–Kier alpha value is -1.46. The van der Waals surface area contributed by atoms with Gasteiger partial charge in [-0.05, 0) is 17.7 Å². The van der Waals surface area contributed by atoms with E-state index in [9.17, 15) is 4.79 Å². The number of carbonyl (C=O) groups is 1. The molecule has 0 spiro atoms. The first-order valence-corrected chi connectivity index (χ1v) is 5.82. The van der Waals surface area contributed by atoms with Crippen LogP contribution in [0.2, 0.25) is 0 Å². The number of pyridine rings is 1. The summed E-state index contributed by atoms with van der Waals surface area (Å²) in [5, 5.41) is 6.10. The lowest BCUT2D eigenvalue weighted by molar-refractivity contribution is -0.121. The summed E-state index contributed by atoms with van der Waals surface area (Å²) in [6.07, 6.45) is 3.86. The number of morpholine rings is 1. The van der Waals surface area contributed by atoms with Crippen LogP contribution in [-0.2, 0) is 16.0 Å². The Kier molecular flexibility index (Phi) is 4.46. The van der Waals surface area contributed by atoms with Crippen molar-refractivity contribution >= 4 is 5.91 Å². The lowest BCUT2D eigenvalue weighted by atomic mass is 10.2. The van der Waals surface area contributed by atoms with Gasteiger partial charge < -0.3 is 15.4 Å². The lowest BCUT2D eigenvalue weighted by Gasteiger charge is -2.23. The Morgan fingerprint density at radius 1 is 1.53 bits per heavy atom. The van der Waals surface area contributed by atoms with Gasteiger partial charge in [-0.1, -0.05) is 0 Å². The Morgan fingerprint density at radius 2 is 2.35 bits per heavy atom. The summed E-state index contributed by atoms with van der Waals surface area (Å²) in [6.45, 7) is 2.97. The van der Waals surface area contributed by atoms with Gasteiger partial charge in [-0.2, -0.15) is 0 Å². The second-order valence-corrected chi connectivity index (χ2v) is 4.03. The molecule has 1 amide bonds. The third-order valence-corrected chi connectivity index (χ3v) is 2.65. The van der Waals surface area contributed by atoms with Gasteiger partial charge in [0.25, 0.3) is 0 Å². The van der Waals surface area contributed by atoms with Crippen LogP contribution in [0.5, 0.6) is 0 Å². The fraction of sp³-hybridized carbons (Fsp3) is 0.500. The summed E-state index contributed by atoms with van der Waals surface area (Å²) < 4.78 is 5.49. The average molecular weight is 235 g/mol. The fourth-order valence-electron chi connectivity index (χ4n) is 1.73. The van der Waals surface area contributed by atoms with E-state index < -0.39 is 0 Å². The van der Waals surface area contributed by atoms with E-state index in [-0.39, 0.29) is 12.0 Å². The van der Waals surface area contributed by atoms with Crippen LogP contribution in [0.4, 0.5) is 0 Å². The zero-order valence-electron chi connectivity index (χ0n) is 9.69. The van der Waals surface area contributed by atoms with Crippen LogP contribution in [0, 0.1) is 0 Å². The largest absolute Gasteiger partial charge is 0.374 e. The minimum atomic E-state index is 0.0189. The first-order valence-electron chi connectivity index (χ1n) is 5.82. The van der Waals surface area contributed by atoms with Crippen LogP contribution >= 0.6 is 0 Å². The molecule has 1 aromatic rings. The number of hydrogen-bond donors (Lipinski definition) is 2. The zero-order chi connectivity index (χ0) is 11.9. The highest BCUT2D eigenvalue weighted by Crippen LogP contribution is 1.98. The normalized spacial score (nSPS) is 19.9. The molecule has 1 aromatic heterocycles. The number of rotatable bonds is 4. The first kappa shape index (κ1) is 12.0. The summed E-state index contributed by atoms with van der Waals surface area (Å²) in [5.41, 5.74) is 0.972. The van der Waals surface area contributed by atoms with Crippen molar-refractivity contribution < 1.29 is 9.53 Å². The van der Waals surface area contributed by atoms with Crippen LogP contribution in [0.25, 0.3) is 0 Å². The van der Waals surface area contributed by atoms with Gasteiger partial charge in [-0.3, -0.25) is 9.78 Å². The average Bonchev–Trinajstić information content (AvgIpc) is 2.39. The number of aromatic nitrogens is 1. The Bertz CT molecular complexity index is 350. The fourth-order valence-corrected chi connectivity index (χ4v) is 1.73. The summed E-state index contributed by atoms with van der Waals surface area (Å²) >= 11 is 0. The van der Waals surface area contributed by atoms with E-state index in [2.05, 4.69) is 15.6 Å². The molecular weight excluding hydrogens is 218 g/mol. The molecule has 0 radical (unpaired) electrons. The minimum Gasteiger partial charge on any atom is -0.374 e. The van der Waals surface area contributed by atoms with Gasteiger partial charge in [-0.15, -0.1) is 0 Å². The molecule has 1 saturated heterocycles. The monoisotopic (exact) mass is 235 g/mol.